The van der Waals surface area contributed by atoms with Gasteiger partial charge in [0, 0.05) is 6.07 Å². The molecule has 2 N–H and O–H groups in total. The molecule has 0 aliphatic heterocycles. The number of nitro groups is 1. The Morgan fingerprint density at radius 3 is 2.35 bits per heavy atom. The lowest BCUT2D eigenvalue weighted by molar-refractivity contribution is -0.386. The van der Waals surface area contributed by atoms with Gasteiger partial charge in [-0.1, -0.05) is 30.3 Å². The van der Waals surface area contributed by atoms with E-state index in [1.54, 1.807) is 0 Å². The van der Waals surface area contributed by atoms with E-state index in [2.05, 4.69) is 0 Å². The smallest absolute Gasteiger partial charge is 0.339 e. The molecule has 6 nitrogen and oxygen atoms in total. The summed E-state index contributed by atoms with van der Waals surface area (Å²) in [6.45, 7) is 0. The van der Waals surface area contributed by atoms with E-state index in [0.717, 1.165) is 5.56 Å². The molecule has 2 rings (SSSR count). The Bertz CT molecular complexity index is 632. The number of phenols is 1. The zero-order valence-electron chi connectivity index (χ0n) is 10.3. The molecule has 0 aliphatic carbocycles. The molecule has 2 aromatic rings. The van der Waals surface area contributed by atoms with Crippen LogP contribution in [-0.2, 0) is 6.42 Å². The largest absolute Gasteiger partial charge is 0.501 e. The number of nitro benzene ring substituents is 1. The second kappa shape index (κ2) is 5.40. The highest BCUT2D eigenvalue weighted by Gasteiger charge is 2.22. The summed E-state index contributed by atoms with van der Waals surface area (Å²) in [5.74, 6) is -2.22. The highest BCUT2D eigenvalue weighted by atomic mass is 16.6. The molecule has 0 fully saturated rings. The van der Waals surface area contributed by atoms with E-state index in [4.69, 9.17) is 5.11 Å². The fraction of sp³-hybridized carbons (Fsp3) is 0.0714. The van der Waals surface area contributed by atoms with Crippen LogP contribution in [0.5, 0.6) is 5.75 Å². The van der Waals surface area contributed by atoms with E-state index in [0.29, 0.717) is 12.0 Å². The van der Waals surface area contributed by atoms with Gasteiger partial charge in [0.2, 0.25) is 5.75 Å². The summed E-state index contributed by atoms with van der Waals surface area (Å²) in [6, 6.07) is 11.6. The second-order valence-corrected chi connectivity index (χ2v) is 4.24. The predicted molar refractivity (Wildman–Crippen MR) is 71.0 cm³/mol. The zero-order chi connectivity index (χ0) is 14.7. The maximum atomic E-state index is 11.0. The van der Waals surface area contributed by atoms with Gasteiger partial charge in [-0.25, -0.2) is 4.79 Å². The van der Waals surface area contributed by atoms with Crippen molar-refractivity contribution in [2.24, 2.45) is 0 Å². The van der Waals surface area contributed by atoms with Crippen molar-refractivity contribution in [3.05, 3.63) is 69.3 Å². The molecule has 0 heterocycles. The minimum absolute atomic E-state index is 0.349. The van der Waals surface area contributed by atoms with Crippen molar-refractivity contribution in [1.82, 2.24) is 0 Å². The molecule has 20 heavy (non-hydrogen) atoms. The number of benzene rings is 2. The molecule has 0 spiro atoms. The molecule has 0 atom stereocenters. The summed E-state index contributed by atoms with van der Waals surface area (Å²) in [7, 11) is 0. The van der Waals surface area contributed by atoms with Crippen molar-refractivity contribution in [2.45, 2.75) is 6.42 Å². The van der Waals surface area contributed by atoms with Crippen molar-refractivity contribution >= 4 is 11.7 Å². The number of carboxylic acids is 1. The van der Waals surface area contributed by atoms with Gasteiger partial charge in [-0.3, -0.25) is 10.1 Å². The summed E-state index contributed by atoms with van der Waals surface area (Å²) in [4.78, 5) is 21.1. The Morgan fingerprint density at radius 2 is 1.80 bits per heavy atom. The van der Waals surface area contributed by atoms with Crippen LogP contribution in [0, 0.1) is 10.1 Å². The third kappa shape index (κ3) is 2.74. The van der Waals surface area contributed by atoms with Gasteiger partial charge in [-0.15, -0.1) is 0 Å². The van der Waals surface area contributed by atoms with Crippen molar-refractivity contribution in [3.8, 4) is 5.75 Å². The molecule has 0 saturated heterocycles. The Labute approximate surface area is 114 Å². The lowest BCUT2D eigenvalue weighted by Crippen LogP contribution is -2.02. The van der Waals surface area contributed by atoms with Crippen LogP contribution in [0.25, 0.3) is 0 Å². The van der Waals surface area contributed by atoms with E-state index >= 15 is 0 Å². The average molecular weight is 273 g/mol. The molecule has 0 saturated carbocycles. The quantitative estimate of drug-likeness (QED) is 0.658. The van der Waals surface area contributed by atoms with Gasteiger partial charge in [0.05, 0.1) is 4.92 Å². The maximum absolute atomic E-state index is 11.0. The van der Waals surface area contributed by atoms with Gasteiger partial charge in [-0.2, -0.15) is 0 Å². The fourth-order valence-corrected chi connectivity index (χ4v) is 1.91. The molecule has 6 heteroatoms. The van der Waals surface area contributed by atoms with Crippen LogP contribution in [-0.4, -0.2) is 21.1 Å². The number of carbonyl (C=O) groups is 1. The summed E-state index contributed by atoms with van der Waals surface area (Å²) in [5.41, 5.74) is 0.280. The Kier molecular flexibility index (Phi) is 3.65. The summed E-state index contributed by atoms with van der Waals surface area (Å²) < 4.78 is 0. The number of aromatic hydroxyl groups is 1. The highest BCUT2D eigenvalue weighted by Crippen LogP contribution is 2.32. The zero-order valence-corrected chi connectivity index (χ0v) is 10.3. The minimum Gasteiger partial charge on any atom is -0.501 e. The number of aromatic carboxylic acids is 1. The highest BCUT2D eigenvalue weighted by molar-refractivity contribution is 5.92. The molecule has 0 radical (unpaired) electrons. The lowest BCUT2D eigenvalue weighted by Gasteiger charge is -2.06. The summed E-state index contributed by atoms with van der Waals surface area (Å²) in [6.07, 6.45) is 0.349. The standard InChI is InChI=1S/C14H11NO5/c16-13-11(14(17)18)7-10(8-12(13)15(19)20)6-9-4-2-1-3-5-9/h1-5,7-8,16H,6H2,(H,17,18). The second-order valence-electron chi connectivity index (χ2n) is 4.24. The molecular weight excluding hydrogens is 262 g/mol. The average Bonchev–Trinajstić information content (AvgIpc) is 2.41. The number of hydrogen-bond acceptors (Lipinski definition) is 4. The van der Waals surface area contributed by atoms with Crippen molar-refractivity contribution in [3.63, 3.8) is 0 Å². The van der Waals surface area contributed by atoms with E-state index in [-0.39, 0.29) is 0 Å². The van der Waals surface area contributed by atoms with Crippen LogP contribution in [0.1, 0.15) is 21.5 Å². The first-order valence-corrected chi connectivity index (χ1v) is 5.76. The Morgan fingerprint density at radius 1 is 1.15 bits per heavy atom. The number of hydrogen-bond donors (Lipinski definition) is 2. The normalized spacial score (nSPS) is 10.2. The molecule has 0 aliphatic rings. The summed E-state index contributed by atoms with van der Waals surface area (Å²) >= 11 is 0. The van der Waals surface area contributed by atoms with Gasteiger partial charge in [0.25, 0.3) is 0 Å². The van der Waals surface area contributed by atoms with Gasteiger partial charge in [0.15, 0.2) is 0 Å². The SMILES string of the molecule is O=C(O)c1cc(Cc2ccccc2)cc([N+](=O)[O-])c1O. The summed E-state index contributed by atoms with van der Waals surface area (Å²) in [5, 5.41) is 29.4. The van der Waals surface area contributed by atoms with Crippen LogP contribution in [0.2, 0.25) is 0 Å². The third-order valence-corrected chi connectivity index (χ3v) is 2.83. The van der Waals surface area contributed by atoms with Crippen molar-refractivity contribution < 1.29 is 19.9 Å². The van der Waals surface area contributed by atoms with Gasteiger partial charge < -0.3 is 10.2 Å². The van der Waals surface area contributed by atoms with E-state index in [1.165, 1.54) is 12.1 Å². The van der Waals surface area contributed by atoms with E-state index in [1.807, 2.05) is 30.3 Å². The monoisotopic (exact) mass is 273 g/mol. The molecule has 0 aromatic heterocycles. The number of carboxylic acid groups (broad SMARTS) is 1. The topological polar surface area (TPSA) is 101 Å². The number of rotatable bonds is 4. The van der Waals surface area contributed by atoms with Gasteiger partial charge in [-0.05, 0) is 23.6 Å². The molecule has 2 aromatic carbocycles. The Hall–Kier alpha value is -2.89. The van der Waals surface area contributed by atoms with Gasteiger partial charge >= 0.3 is 11.7 Å². The third-order valence-electron chi connectivity index (χ3n) is 2.83. The predicted octanol–water partition coefficient (Wildman–Crippen LogP) is 2.59. The minimum atomic E-state index is -1.40. The van der Waals surface area contributed by atoms with E-state index in [9.17, 15) is 20.0 Å². The van der Waals surface area contributed by atoms with Gasteiger partial charge in [0.1, 0.15) is 5.56 Å². The maximum Gasteiger partial charge on any atom is 0.339 e. The van der Waals surface area contributed by atoms with Crippen LogP contribution >= 0.6 is 0 Å². The number of nitrogens with zero attached hydrogens (tertiary/aromatic N) is 1. The fourth-order valence-electron chi connectivity index (χ4n) is 1.91. The molecular formula is C14H11NO5. The first-order chi connectivity index (χ1) is 9.49. The van der Waals surface area contributed by atoms with Crippen molar-refractivity contribution in [2.75, 3.05) is 0 Å². The first-order valence-electron chi connectivity index (χ1n) is 5.76. The molecule has 102 valence electrons. The van der Waals surface area contributed by atoms with Crippen LogP contribution in [0.4, 0.5) is 5.69 Å². The first kappa shape index (κ1) is 13.5. The van der Waals surface area contributed by atoms with Crippen molar-refractivity contribution in [1.29, 1.82) is 0 Å². The Balaban J connectivity index is 2.49. The van der Waals surface area contributed by atoms with E-state index < -0.39 is 27.9 Å². The lowest BCUT2D eigenvalue weighted by atomic mass is 10.0. The van der Waals surface area contributed by atoms with Crippen LogP contribution < -0.4 is 0 Å². The van der Waals surface area contributed by atoms with Crippen LogP contribution in [0.3, 0.4) is 0 Å². The molecule has 0 bridgehead atoms. The van der Waals surface area contributed by atoms with Crippen LogP contribution in [0.15, 0.2) is 42.5 Å². The molecule has 0 amide bonds. The molecule has 0 unspecified atom stereocenters.